The van der Waals surface area contributed by atoms with Crippen LogP contribution >= 0.6 is 0 Å². The van der Waals surface area contributed by atoms with Gasteiger partial charge in [-0.2, -0.15) is 0 Å². The van der Waals surface area contributed by atoms with Crippen molar-refractivity contribution in [1.82, 2.24) is 20.0 Å². The van der Waals surface area contributed by atoms with E-state index in [4.69, 9.17) is 4.74 Å². The number of aromatic amines is 1. The highest BCUT2D eigenvalue weighted by Crippen LogP contribution is 2.19. The van der Waals surface area contributed by atoms with Crippen LogP contribution in [0.15, 0.2) is 17.6 Å². The van der Waals surface area contributed by atoms with Gasteiger partial charge in [0.1, 0.15) is 5.60 Å². The number of nitrogens with one attached hydrogen (secondary N) is 3. The fourth-order valence-electron chi connectivity index (χ4n) is 1.68. The number of ether oxygens (including phenoxy) is 1. The Hall–Kier alpha value is -1.61. The number of amides is 1. The van der Waals surface area contributed by atoms with Crippen LogP contribution in [0.5, 0.6) is 0 Å². The second-order valence-corrected chi connectivity index (χ2v) is 8.60. The van der Waals surface area contributed by atoms with Crippen molar-refractivity contribution >= 4 is 16.1 Å². The van der Waals surface area contributed by atoms with E-state index in [2.05, 4.69) is 20.0 Å². The van der Waals surface area contributed by atoms with Gasteiger partial charge in [0.2, 0.25) is 0 Å². The number of carbonyl (C=O) groups is 1. The van der Waals surface area contributed by atoms with E-state index in [1.807, 2.05) is 13.8 Å². The number of rotatable bonds is 6. The molecule has 0 radical (unpaired) electrons. The van der Waals surface area contributed by atoms with Crippen LogP contribution in [0.4, 0.5) is 4.79 Å². The first-order valence-corrected chi connectivity index (χ1v) is 8.83. The lowest BCUT2D eigenvalue weighted by Crippen LogP contribution is -2.57. The first kappa shape index (κ1) is 19.4. The number of hydrogen-bond acceptors (Lipinski definition) is 5. The molecule has 132 valence electrons. The van der Waals surface area contributed by atoms with Crippen molar-refractivity contribution in [2.24, 2.45) is 5.92 Å². The van der Waals surface area contributed by atoms with Gasteiger partial charge >= 0.3 is 6.09 Å². The molecule has 1 aromatic heterocycles. The quantitative estimate of drug-likeness (QED) is 0.724. The Labute approximate surface area is 137 Å². The molecule has 1 unspecified atom stereocenters. The minimum Gasteiger partial charge on any atom is -0.444 e. The van der Waals surface area contributed by atoms with Crippen molar-refractivity contribution in [2.75, 3.05) is 6.54 Å². The van der Waals surface area contributed by atoms with E-state index in [0.717, 1.165) is 0 Å². The Bertz CT molecular complexity index is 620. The molecule has 0 fully saturated rings. The van der Waals surface area contributed by atoms with Crippen LogP contribution in [-0.4, -0.2) is 42.2 Å². The highest BCUT2D eigenvalue weighted by Gasteiger charge is 2.35. The first-order valence-electron chi connectivity index (χ1n) is 7.35. The third kappa shape index (κ3) is 5.83. The summed E-state index contributed by atoms with van der Waals surface area (Å²) < 4.78 is 32.5. The van der Waals surface area contributed by atoms with E-state index >= 15 is 0 Å². The Morgan fingerprint density at radius 3 is 2.39 bits per heavy atom. The van der Waals surface area contributed by atoms with Gasteiger partial charge in [-0.1, -0.05) is 13.8 Å². The average Bonchev–Trinajstić information content (AvgIpc) is 2.88. The zero-order valence-electron chi connectivity index (χ0n) is 14.4. The summed E-state index contributed by atoms with van der Waals surface area (Å²) in [6, 6.07) is 0. The van der Waals surface area contributed by atoms with Gasteiger partial charge in [-0.15, -0.1) is 0 Å². The number of imidazole rings is 1. The van der Waals surface area contributed by atoms with Gasteiger partial charge in [-0.05, 0) is 33.6 Å². The van der Waals surface area contributed by atoms with Crippen LogP contribution in [0.2, 0.25) is 0 Å². The molecule has 0 aliphatic carbocycles. The molecule has 0 saturated carbocycles. The molecule has 1 amide bonds. The van der Waals surface area contributed by atoms with Gasteiger partial charge < -0.3 is 15.0 Å². The summed E-state index contributed by atoms with van der Waals surface area (Å²) in [5, 5.41) is 2.59. The van der Waals surface area contributed by atoms with Gasteiger partial charge in [-0.3, -0.25) is 0 Å². The number of hydrogen-bond donors (Lipinski definition) is 3. The van der Waals surface area contributed by atoms with Crippen LogP contribution in [-0.2, 0) is 14.8 Å². The molecule has 0 bridgehead atoms. The zero-order chi connectivity index (χ0) is 17.9. The maximum atomic E-state index is 12.4. The Morgan fingerprint density at radius 1 is 1.35 bits per heavy atom. The van der Waals surface area contributed by atoms with E-state index in [1.165, 1.54) is 12.5 Å². The van der Waals surface area contributed by atoms with Crippen molar-refractivity contribution in [3.8, 4) is 0 Å². The molecule has 23 heavy (non-hydrogen) atoms. The molecule has 0 aliphatic heterocycles. The van der Waals surface area contributed by atoms with Gasteiger partial charge in [0.25, 0.3) is 10.0 Å². The van der Waals surface area contributed by atoms with Crippen LogP contribution in [0.3, 0.4) is 0 Å². The molecule has 1 aromatic rings. The van der Waals surface area contributed by atoms with Crippen LogP contribution in [0.25, 0.3) is 0 Å². The van der Waals surface area contributed by atoms with Gasteiger partial charge in [0.05, 0.1) is 18.1 Å². The van der Waals surface area contributed by atoms with Crippen molar-refractivity contribution in [3.05, 3.63) is 12.5 Å². The summed E-state index contributed by atoms with van der Waals surface area (Å²) in [4.78, 5) is 18.1. The molecule has 9 heteroatoms. The SMILES string of the molecule is CC(C)C(C)(CNC(=O)OC(C)(C)C)NS(=O)(=O)c1cnc[nH]1. The molecule has 3 N–H and O–H groups in total. The normalized spacial score (nSPS) is 15.3. The van der Waals surface area contributed by atoms with Crippen molar-refractivity contribution < 1.29 is 17.9 Å². The Balaban J connectivity index is 2.82. The lowest BCUT2D eigenvalue weighted by atomic mass is 9.90. The van der Waals surface area contributed by atoms with E-state index < -0.39 is 27.3 Å². The molecule has 1 atom stereocenters. The molecule has 1 heterocycles. The smallest absolute Gasteiger partial charge is 0.407 e. The largest absolute Gasteiger partial charge is 0.444 e. The number of alkyl carbamates (subject to hydrolysis) is 1. The second-order valence-electron chi connectivity index (χ2n) is 6.95. The number of sulfonamides is 1. The fourth-order valence-corrected chi connectivity index (χ4v) is 3.12. The topological polar surface area (TPSA) is 113 Å². The van der Waals surface area contributed by atoms with E-state index in [1.54, 1.807) is 27.7 Å². The highest BCUT2D eigenvalue weighted by atomic mass is 32.2. The van der Waals surface area contributed by atoms with Crippen molar-refractivity contribution in [3.63, 3.8) is 0 Å². The van der Waals surface area contributed by atoms with Gasteiger partial charge in [0.15, 0.2) is 5.03 Å². The van der Waals surface area contributed by atoms with Gasteiger partial charge in [0, 0.05) is 6.54 Å². The number of aromatic nitrogens is 2. The molecule has 0 aliphatic rings. The Morgan fingerprint density at radius 2 is 1.96 bits per heavy atom. The van der Waals surface area contributed by atoms with E-state index in [9.17, 15) is 13.2 Å². The highest BCUT2D eigenvalue weighted by molar-refractivity contribution is 7.89. The average molecular weight is 346 g/mol. The van der Waals surface area contributed by atoms with Crippen molar-refractivity contribution in [2.45, 2.75) is 57.7 Å². The number of nitrogens with zero attached hydrogens (tertiary/aromatic N) is 1. The van der Waals surface area contributed by atoms with Crippen LogP contribution in [0.1, 0.15) is 41.5 Å². The van der Waals surface area contributed by atoms with E-state index in [-0.39, 0.29) is 17.5 Å². The summed E-state index contributed by atoms with van der Waals surface area (Å²) in [7, 11) is -3.76. The molecule has 8 nitrogen and oxygen atoms in total. The lowest BCUT2D eigenvalue weighted by Gasteiger charge is -2.34. The molecular formula is C14H26N4O4S. The minimum atomic E-state index is -3.76. The Kier molecular flexibility index (Phi) is 5.81. The summed E-state index contributed by atoms with van der Waals surface area (Å²) in [5.41, 5.74) is -1.51. The molecule has 0 saturated heterocycles. The zero-order valence-corrected chi connectivity index (χ0v) is 15.2. The summed E-state index contributed by atoms with van der Waals surface area (Å²) >= 11 is 0. The predicted molar refractivity (Wildman–Crippen MR) is 86.4 cm³/mol. The third-order valence-electron chi connectivity index (χ3n) is 3.40. The summed E-state index contributed by atoms with van der Waals surface area (Å²) in [5.74, 6) is -0.0740. The first-order chi connectivity index (χ1) is 10.4. The molecule has 0 aromatic carbocycles. The minimum absolute atomic E-state index is 0.0263. The van der Waals surface area contributed by atoms with E-state index in [0.29, 0.717) is 0 Å². The predicted octanol–water partition coefficient (Wildman–Crippen LogP) is 1.63. The monoisotopic (exact) mass is 346 g/mol. The maximum Gasteiger partial charge on any atom is 0.407 e. The molecule has 1 rings (SSSR count). The number of H-pyrrole nitrogens is 1. The maximum absolute atomic E-state index is 12.4. The van der Waals surface area contributed by atoms with Crippen LogP contribution in [0, 0.1) is 5.92 Å². The second kappa shape index (κ2) is 6.88. The number of carbonyl (C=O) groups excluding carboxylic acids is 1. The summed E-state index contributed by atoms with van der Waals surface area (Å²) in [6.07, 6.45) is 1.93. The van der Waals surface area contributed by atoms with Crippen LogP contribution < -0.4 is 10.0 Å². The summed E-state index contributed by atoms with van der Waals surface area (Å²) in [6.45, 7) is 10.8. The van der Waals surface area contributed by atoms with Crippen molar-refractivity contribution in [1.29, 1.82) is 0 Å². The van der Waals surface area contributed by atoms with Gasteiger partial charge in [-0.25, -0.2) is 22.9 Å². The molecular weight excluding hydrogens is 320 g/mol. The fraction of sp³-hybridized carbons (Fsp3) is 0.714. The third-order valence-corrected chi connectivity index (χ3v) is 4.94. The molecule has 0 spiro atoms. The lowest BCUT2D eigenvalue weighted by molar-refractivity contribution is 0.0508. The standard InChI is InChI=1S/C14H26N4O4S/c1-10(2)14(6,8-16-12(19)22-13(3,4)5)18-23(20,21)11-7-15-9-17-11/h7,9-10,18H,8H2,1-6H3,(H,15,17)(H,16,19).